The standard InChI is InChI=1S/C15H21NO2/c1-16-11-15(9-7-13(17)8-10-15)12-3-5-14(18-2)6-4-12/h3-6,16H,7-11H2,1-2H3. The number of carbonyl (C=O) groups is 1. The van der Waals surface area contributed by atoms with Gasteiger partial charge < -0.3 is 10.1 Å². The lowest BCUT2D eigenvalue weighted by Gasteiger charge is -2.37. The summed E-state index contributed by atoms with van der Waals surface area (Å²) in [5.41, 5.74) is 1.42. The number of hydrogen-bond donors (Lipinski definition) is 1. The molecule has 1 aromatic rings. The zero-order valence-corrected chi connectivity index (χ0v) is 11.2. The van der Waals surface area contributed by atoms with Gasteiger partial charge in [-0.25, -0.2) is 0 Å². The molecule has 0 saturated heterocycles. The molecule has 0 atom stereocenters. The Bertz CT molecular complexity index is 401. The number of benzene rings is 1. The fourth-order valence-electron chi connectivity index (χ4n) is 2.86. The molecular formula is C15H21NO2. The Morgan fingerprint density at radius 3 is 2.33 bits per heavy atom. The lowest BCUT2D eigenvalue weighted by molar-refractivity contribution is -0.121. The highest BCUT2D eigenvalue weighted by molar-refractivity contribution is 5.79. The Kier molecular flexibility index (Phi) is 4.02. The first kappa shape index (κ1) is 13.1. The van der Waals surface area contributed by atoms with E-state index in [9.17, 15) is 4.79 Å². The summed E-state index contributed by atoms with van der Waals surface area (Å²) in [6.07, 6.45) is 3.29. The van der Waals surface area contributed by atoms with Gasteiger partial charge in [0, 0.05) is 24.8 Å². The molecule has 0 amide bonds. The Morgan fingerprint density at radius 2 is 1.83 bits per heavy atom. The topological polar surface area (TPSA) is 38.3 Å². The van der Waals surface area contributed by atoms with Crippen LogP contribution in [0.3, 0.4) is 0 Å². The quantitative estimate of drug-likeness (QED) is 0.887. The summed E-state index contributed by atoms with van der Waals surface area (Å²) in [6, 6.07) is 8.27. The minimum atomic E-state index is 0.106. The Hall–Kier alpha value is -1.35. The number of rotatable bonds is 4. The summed E-state index contributed by atoms with van der Waals surface area (Å²) < 4.78 is 5.20. The van der Waals surface area contributed by atoms with Crippen LogP contribution < -0.4 is 10.1 Å². The number of Topliss-reactive ketones (excluding diaryl/α,β-unsaturated/α-hetero) is 1. The van der Waals surface area contributed by atoms with Gasteiger partial charge in [0.25, 0.3) is 0 Å². The number of methoxy groups -OCH3 is 1. The summed E-state index contributed by atoms with van der Waals surface area (Å²) in [4.78, 5) is 11.4. The second-order valence-corrected chi connectivity index (χ2v) is 5.08. The third kappa shape index (κ3) is 2.56. The van der Waals surface area contributed by atoms with E-state index in [4.69, 9.17) is 4.74 Å². The molecule has 3 heteroatoms. The summed E-state index contributed by atoms with van der Waals surface area (Å²) in [6.45, 7) is 0.923. The van der Waals surface area contributed by atoms with Gasteiger partial charge in [-0.1, -0.05) is 12.1 Å². The zero-order valence-electron chi connectivity index (χ0n) is 11.2. The third-order valence-electron chi connectivity index (χ3n) is 3.98. The molecule has 2 rings (SSSR count). The van der Waals surface area contributed by atoms with E-state index >= 15 is 0 Å². The molecule has 0 aliphatic heterocycles. The molecule has 98 valence electrons. The second kappa shape index (κ2) is 5.53. The van der Waals surface area contributed by atoms with Crippen molar-refractivity contribution in [1.29, 1.82) is 0 Å². The minimum Gasteiger partial charge on any atom is -0.497 e. The van der Waals surface area contributed by atoms with Crippen molar-refractivity contribution in [2.45, 2.75) is 31.1 Å². The number of ketones is 1. The molecule has 0 radical (unpaired) electrons. The smallest absolute Gasteiger partial charge is 0.132 e. The molecule has 18 heavy (non-hydrogen) atoms. The van der Waals surface area contributed by atoms with Gasteiger partial charge in [0.15, 0.2) is 0 Å². The molecule has 0 aromatic heterocycles. The fourth-order valence-corrected chi connectivity index (χ4v) is 2.86. The Labute approximate surface area is 109 Å². The van der Waals surface area contributed by atoms with Gasteiger partial charge in [-0.05, 0) is 37.6 Å². The van der Waals surface area contributed by atoms with Crippen molar-refractivity contribution in [2.24, 2.45) is 0 Å². The summed E-state index contributed by atoms with van der Waals surface area (Å²) in [5, 5.41) is 3.28. The van der Waals surface area contributed by atoms with Gasteiger partial charge in [0.2, 0.25) is 0 Å². The van der Waals surface area contributed by atoms with Gasteiger partial charge >= 0.3 is 0 Å². The van der Waals surface area contributed by atoms with Crippen LogP contribution in [0.25, 0.3) is 0 Å². The second-order valence-electron chi connectivity index (χ2n) is 5.08. The van der Waals surface area contributed by atoms with Gasteiger partial charge in [-0.3, -0.25) is 4.79 Å². The molecule has 1 saturated carbocycles. The maximum absolute atomic E-state index is 11.4. The maximum Gasteiger partial charge on any atom is 0.132 e. The van der Waals surface area contributed by atoms with Crippen LogP contribution >= 0.6 is 0 Å². The van der Waals surface area contributed by atoms with E-state index in [1.54, 1.807) is 7.11 Å². The number of nitrogens with one attached hydrogen (secondary N) is 1. The lowest BCUT2D eigenvalue weighted by atomic mass is 9.69. The third-order valence-corrected chi connectivity index (χ3v) is 3.98. The highest BCUT2D eigenvalue weighted by atomic mass is 16.5. The average molecular weight is 247 g/mol. The van der Waals surface area contributed by atoms with Crippen LogP contribution in [0.15, 0.2) is 24.3 Å². The van der Waals surface area contributed by atoms with Crippen molar-refractivity contribution in [3.63, 3.8) is 0 Å². The monoisotopic (exact) mass is 247 g/mol. The lowest BCUT2D eigenvalue weighted by Crippen LogP contribution is -2.40. The molecule has 1 aromatic carbocycles. The normalized spacial score (nSPS) is 18.7. The van der Waals surface area contributed by atoms with Gasteiger partial charge in [0.1, 0.15) is 11.5 Å². The number of hydrogen-bond acceptors (Lipinski definition) is 3. The molecule has 0 heterocycles. The molecular weight excluding hydrogens is 226 g/mol. The molecule has 0 unspecified atom stereocenters. The molecule has 1 fully saturated rings. The van der Waals surface area contributed by atoms with Crippen molar-refractivity contribution in [1.82, 2.24) is 5.32 Å². The van der Waals surface area contributed by atoms with E-state index in [1.807, 2.05) is 19.2 Å². The van der Waals surface area contributed by atoms with Crippen LogP contribution in [0, 0.1) is 0 Å². The van der Waals surface area contributed by atoms with E-state index in [0.717, 1.165) is 25.1 Å². The van der Waals surface area contributed by atoms with E-state index in [0.29, 0.717) is 18.6 Å². The molecule has 1 aliphatic carbocycles. The summed E-state index contributed by atoms with van der Waals surface area (Å²) in [7, 11) is 3.65. The predicted octanol–water partition coefficient (Wildman–Crippen LogP) is 2.30. The Morgan fingerprint density at radius 1 is 1.22 bits per heavy atom. The van der Waals surface area contributed by atoms with Crippen molar-refractivity contribution in [3.05, 3.63) is 29.8 Å². The van der Waals surface area contributed by atoms with E-state index in [-0.39, 0.29) is 5.41 Å². The molecule has 0 bridgehead atoms. The molecule has 0 spiro atoms. The highest BCUT2D eigenvalue weighted by Crippen LogP contribution is 2.38. The first-order valence-corrected chi connectivity index (χ1v) is 6.51. The van der Waals surface area contributed by atoms with Crippen molar-refractivity contribution in [3.8, 4) is 5.75 Å². The molecule has 3 nitrogen and oxygen atoms in total. The first-order chi connectivity index (χ1) is 8.70. The number of ether oxygens (including phenoxy) is 1. The van der Waals surface area contributed by atoms with Gasteiger partial charge in [-0.2, -0.15) is 0 Å². The first-order valence-electron chi connectivity index (χ1n) is 6.51. The number of likely N-dealkylation sites (N-methyl/N-ethyl adjacent to an activating group) is 1. The summed E-state index contributed by atoms with van der Waals surface area (Å²) in [5.74, 6) is 1.28. The number of carbonyl (C=O) groups excluding carboxylic acids is 1. The van der Waals surface area contributed by atoms with Gasteiger partial charge in [0.05, 0.1) is 7.11 Å². The van der Waals surface area contributed by atoms with Crippen LogP contribution in [0.2, 0.25) is 0 Å². The average Bonchev–Trinajstić information content (AvgIpc) is 2.42. The van der Waals surface area contributed by atoms with Crippen molar-refractivity contribution >= 4 is 5.78 Å². The SMILES string of the molecule is CNCC1(c2ccc(OC)cc2)CCC(=O)CC1. The predicted molar refractivity (Wildman–Crippen MR) is 72.1 cm³/mol. The van der Waals surface area contributed by atoms with Gasteiger partial charge in [-0.15, -0.1) is 0 Å². The minimum absolute atomic E-state index is 0.106. The fraction of sp³-hybridized carbons (Fsp3) is 0.533. The van der Waals surface area contributed by atoms with Crippen LogP contribution in [0.5, 0.6) is 5.75 Å². The maximum atomic E-state index is 11.4. The van der Waals surface area contributed by atoms with Crippen LogP contribution in [-0.4, -0.2) is 26.5 Å². The molecule has 1 aliphatic rings. The highest BCUT2D eigenvalue weighted by Gasteiger charge is 2.35. The van der Waals surface area contributed by atoms with Crippen LogP contribution in [-0.2, 0) is 10.2 Å². The molecule has 1 N–H and O–H groups in total. The van der Waals surface area contributed by atoms with E-state index in [2.05, 4.69) is 17.4 Å². The van der Waals surface area contributed by atoms with Crippen molar-refractivity contribution in [2.75, 3.05) is 20.7 Å². The van der Waals surface area contributed by atoms with Crippen molar-refractivity contribution < 1.29 is 9.53 Å². The summed E-state index contributed by atoms with van der Waals surface area (Å²) >= 11 is 0. The zero-order chi connectivity index (χ0) is 13.0. The van der Waals surface area contributed by atoms with Crippen LogP contribution in [0.4, 0.5) is 0 Å². The van der Waals surface area contributed by atoms with E-state index in [1.165, 1.54) is 5.56 Å². The van der Waals surface area contributed by atoms with E-state index < -0.39 is 0 Å². The largest absolute Gasteiger partial charge is 0.497 e. The Balaban J connectivity index is 2.25. The van der Waals surface area contributed by atoms with Crippen LogP contribution in [0.1, 0.15) is 31.2 Å².